The van der Waals surface area contributed by atoms with E-state index in [0.29, 0.717) is 31.2 Å². The first-order valence-electron chi connectivity index (χ1n) is 14.4. The quantitative estimate of drug-likeness (QED) is 0.174. The molecule has 0 heterocycles. The second-order valence-corrected chi connectivity index (χ2v) is 12.4. The summed E-state index contributed by atoms with van der Waals surface area (Å²) >= 11 is 0. The summed E-state index contributed by atoms with van der Waals surface area (Å²) in [5.41, 5.74) is -3.21. The van der Waals surface area contributed by atoms with Crippen molar-refractivity contribution in [3.05, 3.63) is 23.8 Å². The van der Waals surface area contributed by atoms with Crippen molar-refractivity contribution in [3.63, 3.8) is 0 Å². The standard InChI is InChI=1S/C31H47NO8/c1-9-29(5,6)27(36)38-23-17-16-21(18-24(23)39-28(37)30(7,8)10-2)19-31(26(34)35,32-20(3)4)40-25(33)22-14-12-11-13-15-22/h16-18,20,22,32H,9-15,19H2,1-8H3,(H,34,35)/t31-/m0/s1. The van der Waals surface area contributed by atoms with Crippen LogP contribution in [0.3, 0.4) is 0 Å². The van der Waals surface area contributed by atoms with Gasteiger partial charge in [0.25, 0.3) is 5.72 Å². The lowest BCUT2D eigenvalue weighted by atomic mass is 9.89. The number of rotatable bonds is 13. The molecule has 0 saturated heterocycles. The Balaban J connectivity index is 2.51. The maximum atomic E-state index is 13.1. The molecule has 2 rings (SSSR count). The number of hydrogen-bond donors (Lipinski definition) is 2. The number of nitrogens with one attached hydrogen (secondary N) is 1. The van der Waals surface area contributed by atoms with Crippen LogP contribution < -0.4 is 14.8 Å². The molecule has 0 aliphatic heterocycles. The zero-order chi connectivity index (χ0) is 30.3. The molecule has 9 nitrogen and oxygen atoms in total. The molecule has 1 aromatic carbocycles. The summed E-state index contributed by atoms with van der Waals surface area (Å²) in [4.78, 5) is 51.6. The van der Waals surface area contributed by atoms with E-state index in [1.807, 2.05) is 13.8 Å². The third-order valence-corrected chi connectivity index (χ3v) is 7.82. The van der Waals surface area contributed by atoms with Crippen molar-refractivity contribution in [2.24, 2.45) is 16.7 Å². The molecule has 224 valence electrons. The van der Waals surface area contributed by atoms with Gasteiger partial charge in [-0.2, -0.15) is 0 Å². The van der Waals surface area contributed by atoms with Crippen LogP contribution in [0.15, 0.2) is 18.2 Å². The van der Waals surface area contributed by atoms with Crippen molar-refractivity contribution < 1.29 is 38.5 Å². The molecule has 0 unspecified atom stereocenters. The van der Waals surface area contributed by atoms with Crippen LogP contribution in [0.4, 0.5) is 0 Å². The molecule has 0 aromatic heterocycles. The van der Waals surface area contributed by atoms with E-state index in [0.717, 1.165) is 19.3 Å². The molecule has 1 aliphatic carbocycles. The zero-order valence-electron chi connectivity index (χ0n) is 25.3. The molecule has 1 atom stereocenters. The predicted octanol–water partition coefficient (Wildman–Crippen LogP) is 5.81. The van der Waals surface area contributed by atoms with E-state index in [2.05, 4.69) is 5.32 Å². The fraction of sp³-hybridized carbons (Fsp3) is 0.677. The van der Waals surface area contributed by atoms with Crippen LogP contribution in [-0.2, 0) is 30.3 Å². The molecular formula is C31H47NO8. The number of hydrogen-bond acceptors (Lipinski definition) is 8. The van der Waals surface area contributed by atoms with Crippen LogP contribution in [-0.4, -0.2) is 40.8 Å². The Morgan fingerprint density at radius 3 is 1.90 bits per heavy atom. The van der Waals surface area contributed by atoms with Gasteiger partial charge in [-0.05, 0) is 84.9 Å². The molecule has 2 N–H and O–H groups in total. The van der Waals surface area contributed by atoms with Gasteiger partial charge in [-0.25, -0.2) is 4.79 Å². The van der Waals surface area contributed by atoms with Crippen molar-refractivity contribution in [2.45, 2.75) is 119 Å². The Bertz CT molecular complexity index is 1070. The Labute approximate surface area is 238 Å². The van der Waals surface area contributed by atoms with E-state index in [1.54, 1.807) is 47.6 Å². The van der Waals surface area contributed by atoms with E-state index in [9.17, 15) is 24.3 Å². The first kappa shape index (κ1) is 33.3. The minimum Gasteiger partial charge on any atom is -0.477 e. The molecular weight excluding hydrogens is 514 g/mol. The molecule has 1 saturated carbocycles. The highest BCUT2D eigenvalue weighted by atomic mass is 16.6. The van der Waals surface area contributed by atoms with E-state index < -0.39 is 40.4 Å². The Morgan fingerprint density at radius 2 is 1.43 bits per heavy atom. The summed E-state index contributed by atoms with van der Waals surface area (Å²) < 4.78 is 17.1. The summed E-state index contributed by atoms with van der Waals surface area (Å²) in [6, 6.07) is 4.21. The fourth-order valence-electron chi connectivity index (χ4n) is 4.24. The van der Waals surface area contributed by atoms with E-state index in [1.165, 1.54) is 12.1 Å². The molecule has 40 heavy (non-hydrogen) atoms. The van der Waals surface area contributed by atoms with Crippen molar-refractivity contribution in [1.82, 2.24) is 5.32 Å². The van der Waals surface area contributed by atoms with Gasteiger partial charge in [0.15, 0.2) is 11.5 Å². The minimum absolute atomic E-state index is 0.00767. The lowest BCUT2D eigenvalue weighted by Crippen LogP contribution is -2.59. The van der Waals surface area contributed by atoms with Gasteiger partial charge in [-0.15, -0.1) is 0 Å². The lowest BCUT2D eigenvalue weighted by molar-refractivity contribution is -0.188. The van der Waals surface area contributed by atoms with Gasteiger partial charge >= 0.3 is 23.9 Å². The van der Waals surface area contributed by atoms with Crippen LogP contribution in [0.1, 0.15) is 106 Å². The zero-order valence-corrected chi connectivity index (χ0v) is 25.3. The number of esters is 3. The van der Waals surface area contributed by atoms with Gasteiger partial charge in [-0.3, -0.25) is 19.7 Å². The van der Waals surface area contributed by atoms with E-state index >= 15 is 0 Å². The predicted molar refractivity (Wildman–Crippen MR) is 151 cm³/mol. The Kier molecular flexibility index (Phi) is 11.3. The van der Waals surface area contributed by atoms with Crippen LogP contribution in [0.25, 0.3) is 0 Å². The minimum atomic E-state index is -2.05. The van der Waals surface area contributed by atoms with Crippen LogP contribution >= 0.6 is 0 Å². The summed E-state index contributed by atoms with van der Waals surface area (Å²) in [5.74, 6) is -3.20. The van der Waals surface area contributed by atoms with Gasteiger partial charge in [0.05, 0.1) is 16.7 Å². The highest BCUT2D eigenvalue weighted by molar-refractivity contribution is 5.84. The molecule has 0 amide bonds. The van der Waals surface area contributed by atoms with Crippen molar-refractivity contribution in [3.8, 4) is 11.5 Å². The molecule has 0 radical (unpaired) electrons. The second-order valence-electron chi connectivity index (χ2n) is 12.4. The van der Waals surface area contributed by atoms with Crippen molar-refractivity contribution in [1.29, 1.82) is 0 Å². The third kappa shape index (κ3) is 8.53. The van der Waals surface area contributed by atoms with Crippen molar-refractivity contribution in [2.75, 3.05) is 0 Å². The molecule has 1 fully saturated rings. The van der Waals surface area contributed by atoms with E-state index in [4.69, 9.17) is 14.2 Å². The van der Waals surface area contributed by atoms with E-state index in [-0.39, 0.29) is 29.9 Å². The molecule has 1 aromatic rings. The average Bonchev–Trinajstić information content (AvgIpc) is 2.89. The molecule has 0 bridgehead atoms. The summed E-state index contributed by atoms with van der Waals surface area (Å²) in [6.45, 7) is 14.3. The average molecular weight is 562 g/mol. The molecule has 9 heteroatoms. The number of carboxylic acids is 1. The summed E-state index contributed by atoms with van der Waals surface area (Å²) in [6.07, 6.45) is 4.98. The fourth-order valence-corrected chi connectivity index (χ4v) is 4.24. The topological polar surface area (TPSA) is 128 Å². The second kappa shape index (κ2) is 13.6. The number of carbonyl (C=O) groups is 4. The van der Waals surface area contributed by atoms with Crippen LogP contribution in [0.5, 0.6) is 11.5 Å². The number of aliphatic carboxylic acids is 1. The Morgan fingerprint density at radius 1 is 0.900 bits per heavy atom. The number of carboxylic acid groups (broad SMARTS) is 1. The SMILES string of the molecule is CCC(C)(C)C(=O)Oc1ccc(C[C@](NC(C)C)(OC(=O)C2CCCCC2)C(=O)O)cc1OC(=O)C(C)(C)CC. The maximum absolute atomic E-state index is 13.1. The first-order valence-corrected chi connectivity index (χ1v) is 14.4. The lowest BCUT2D eigenvalue weighted by Gasteiger charge is -2.34. The Hall–Kier alpha value is -2.94. The summed E-state index contributed by atoms with van der Waals surface area (Å²) in [7, 11) is 0. The van der Waals surface area contributed by atoms with Crippen LogP contribution in [0.2, 0.25) is 0 Å². The molecule has 1 aliphatic rings. The van der Waals surface area contributed by atoms with Crippen molar-refractivity contribution >= 4 is 23.9 Å². The number of carbonyl (C=O) groups excluding carboxylic acids is 3. The first-order chi connectivity index (χ1) is 18.6. The van der Waals surface area contributed by atoms with Crippen LogP contribution in [0, 0.1) is 16.7 Å². The normalized spacial score (nSPS) is 16.2. The largest absolute Gasteiger partial charge is 0.477 e. The number of benzene rings is 1. The maximum Gasteiger partial charge on any atom is 0.364 e. The highest BCUT2D eigenvalue weighted by Crippen LogP contribution is 2.35. The highest BCUT2D eigenvalue weighted by Gasteiger charge is 2.45. The molecule has 0 spiro atoms. The smallest absolute Gasteiger partial charge is 0.364 e. The van der Waals surface area contributed by atoms with Gasteiger partial charge in [0, 0.05) is 12.5 Å². The summed E-state index contributed by atoms with van der Waals surface area (Å²) in [5, 5.41) is 13.3. The van der Waals surface area contributed by atoms with Gasteiger partial charge in [-0.1, -0.05) is 39.2 Å². The third-order valence-electron chi connectivity index (χ3n) is 7.82. The van der Waals surface area contributed by atoms with Gasteiger partial charge in [0.1, 0.15) is 0 Å². The van der Waals surface area contributed by atoms with Gasteiger partial charge in [0.2, 0.25) is 0 Å². The monoisotopic (exact) mass is 561 g/mol. The van der Waals surface area contributed by atoms with Gasteiger partial charge < -0.3 is 19.3 Å². The number of ether oxygens (including phenoxy) is 3.